The van der Waals surface area contributed by atoms with Crippen molar-refractivity contribution in [1.29, 1.82) is 0 Å². The van der Waals surface area contributed by atoms with Gasteiger partial charge < -0.3 is 9.64 Å². The van der Waals surface area contributed by atoms with Crippen LogP contribution in [0.5, 0.6) is 11.5 Å². The molecule has 1 amide bonds. The zero-order valence-corrected chi connectivity index (χ0v) is 17.3. The third-order valence-corrected chi connectivity index (χ3v) is 6.94. The maximum atomic E-state index is 13.6. The van der Waals surface area contributed by atoms with Crippen LogP contribution in [-0.2, 0) is 16.4 Å². The Bertz CT molecular complexity index is 1110. The van der Waals surface area contributed by atoms with Crippen LogP contribution in [-0.4, -0.2) is 36.8 Å². The number of para-hydroxylation sites is 2. The third-order valence-electron chi connectivity index (χ3n) is 5.19. The van der Waals surface area contributed by atoms with Crippen molar-refractivity contribution in [3.05, 3.63) is 96.1 Å². The quantitative estimate of drug-likeness (QED) is 0.595. The Morgan fingerprint density at radius 2 is 1.53 bits per heavy atom. The van der Waals surface area contributed by atoms with Gasteiger partial charge in [-0.2, -0.15) is 0 Å². The first-order valence-corrected chi connectivity index (χ1v) is 11.7. The smallest absolute Gasteiger partial charge is 0.258 e. The Morgan fingerprint density at radius 3 is 2.20 bits per heavy atom. The van der Waals surface area contributed by atoms with Crippen LogP contribution in [0.4, 0.5) is 0 Å². The lowest BCUT2D eigenvalue weighted by atomic mass is 10.1. The minimum absolute atomic E-state index is 0.00666. The van der Waals surface area contributed by atoms with Crippen molar-refractivity contribution in [3.8, 4) is 11.5 Å². The second kappa shape index (κ2) is 8.71. The summed E-state index contributed by atoms with van der Waals surface area (Å²) in [6, 6.07) is 25.6. The van der Waals surface area contributed by atoms with Gasteiger partial charge in [0, 0.05) is 12.6 Å². The molecule has 0 radical (unpaired) electrons. The SMILES string of the molecule is O=C(c1ccccc1Oc1ccccc1)N(Cc1ccccc1)[C@H]1CCS(=O)(=O)C1. The van der Waals surface area contributed by atoms with Crippen molar-refractivity contribution >= 4 is 15.7 Å². The van der Waals surface area contributed by atoms with Gasteiger partial charge in [0.05, 0.1) is 17.1 Å². The largest absolute Gasteiger partial charge is 0.457 e. The summed E-state index contributed by atoms with van der Waals surface area (Å²) in [7, 11) is -3.13. The monoisotopic (exact) mass is 421 g/mol. The molecule has 30 heavy (non-hydrogen) atoms. The Balaban J connectivity index is 1.66. The molecular weight excluding hydrogens is 398 g/mol. The molecule has 6 heteroatoms. The molecule has 1 aliphatic heterocycles. The van der Waals surface area contributed by atoms with Crippen LogP contribution in [0.15, 0.2) is 84.9 Å². The van der Waals surface area contributed by atoms with Gasteiger partial charge in [-0.25, -0.2) is 8.42 Å². The second-order valence-electron chi connectivity index (χ2n) is 7.39. The van der Waals surface area contributed by atoms with Crippen molar-refractivity contribution < 1.29 is 17.9 Å². The van der Waals surface area contributed by atoms with Crippen LogP contribution in [0, 0.1) is 0 Å². The molecule has 1 fully saturated rings. The van der Waals surface area contributed by atoms with Crippen LogP contribution in [0.3, 0.4) is 0 Å². The second-order valence-corrected chi connectivity index (χ2v) is 9.62. The number of hydrogen-bond donors (Lipinski definition) is 0. The number of carbonyl (C=O) groups excluding carboxylic acids is 1. The van der Waals surface area contributed by atoms with Crippen LogP contribution < -0.4 is 4.74 Å². The Morgan fingerprint density at radius 1 is 0.900 bits per heavy atom. The zero-order chi connectivity index (χ0) is 21.0. The maximum Gasteiger partial charge on any atom is 0.258 e. The predicted molar refractivity (Wildman–Crippen MR) is 116 cm³/mol. The van der Waals surface area contributed by atoms with Gasteiger partial charge in [-0.1, -0.05) is 60.7 Å². The molecule has 4 rings (SSSR count). The summed E-state index contributed by atoms with van der Waals surface area (Å²) < 4.78 is 30.2. The van der Waals surface area contributed by atoms with E-state index in [9.17, 15) is 13.2 Å². The van der Waals surface area contributed by atoms with Crippen molar-refractivity contribution in [3.63, 3.8) is 0 Å². The molecule has 1 atom stereocenters. The topological polar surface area (TPSA) is 63.7 Å². The molecule has 154 valence electrons. The van der Waals surface area contributed by atoms with Crippen molar-refractivity contribution in [2.75, 3.05) is 11.5 Å². The van der Waals surface area contributed by atoms with E-state index in [0.29, 0.717) is 30.0 Å². The number of ether oxygens (including phenoxy) is 1. The van der Waals surface area contributed by atoms with Crippen LogP contribution in [0.2, 0.25) is 0 Å². The molecule has 1 aliphatic rings. The van der Waals surface area contributed by atoms with Gasteiger partial charge >= 0.3 is 0 Å². The zero-order valence-electron chi connectivity index (χ0n) is 16.5. The minimum Gasteiger partial charge on any atom is -0.457 e. The van der Waals surface area contributed by atoms with Gasteiger partial charge in [-0.15, -0.1) is 0 Å². The summed E-state index contributed by atoms with van der Waals surface area (Å²) in [4.78, 5) is 15.3. The number of rotatable bonds is 6. The number of hydrogen-bond acceptors (Lipinski definition) is 4. The normalized spacial score (nSPS) is 17.4. The summed E-state index contributed by atoms with van der Waals surface area (Å²) in [6.07, 6.45) is 0.447. The Labute approximate surface area is 176 Å². The molecule has 0 unspecified atom stereocenters. The first-order chi connectivity index (χ1) is 14.5. The van der Waals surface area contributed by atoms with Crippen molar-refractivity contribution in [1.82, 2.24) is 4.90 Å². The fraction of sp³-hybridized carbons (Fsp3) is 0.208. The minimum atomic E-state index is -3.13. The third kappa shape index (κ3) is 4.71. The summed E-state index contributed by atoms with van der Waals surface area (Å²) >= 11 is 0. The first kappa shape index (κ1) is 20.2. The van der Waals surface area contributed by atoms with E-state index in [-0.39, 0.29) is 23.5 Å². The molecule has 0 spiro atoms. The molecule has 0 aliphatic carbocycles. The van der Waals surface area contributed by atoms with E-state index >= 15 is 0 Å². The van der Waals surface area contributed by atoms with Gasteiger partial charge in [0.25, 0.3) is 5.91 Å². The Kier molecular flexibility index (Phi) is 5.86. The fourth-order valence-corrected chi connectivity index (χ4v) is 5.40. The van der Waals surface area contributed by atoms with Crippen LogP contribution >= 0.6 is 0 Å². The van der Waals surface area contributed by atoms with Gasteiger partial charge in [0.2, 0.25) is 0 Å². The number of nitrogens with zero attached hydrogens (tertiary/aromatic N) is 1. The average Bonchev–Trinajstić information content (AvgIpc) is 3.13. The van der Waals surface area contributed by atoms with E-state index in [1.807, 2.05) is 66.7 Å². The fourth-order valence-electron chi connectivity index (χ4n) is 3.67. The van der Waals surface area contributed by atoms with Gasteiger partial charge in [-0.05, 0) is 36.2 Å². The molecule has 0 saturated carbocycles. The number of carbonyl (C=O) groups is 1. The molecular formula is C24H23NO4S. The lowest BCUT2D eigenvalue weighted by molar-refractivity contribution is 0.0678. The van der Waals surface area contributed by atoms with Crippen LogP contribution in [0.1, 0.15) is 22.3 Å². The number of amides is 1. The summed E-state index contributed by atoms with van der Waals surface area (Å²) in [5.74, 6) is 0.960. The molecule has 5 nitrogen and oxygen atoms in total. The van der Waals surface area contributed by atoms with Gasteiger partial charge in [0.1, 0.15) is 11.5 Å². The highest BCUT2D eigenvalue weighted by molar-refractivity contribution is 7.91. The van der Waals surface area contributed by atoms with Crippen LogP contribution in [0.25, 0.3) is 0 Å². The summed E-state index contributed by atoms with van der Waals surface area (Å²) in [5.41, 5.74) is 1.37. The highest BCUT2D eigenvalue weighted by Crippen LogP contribution is 2.29. The number of benzene rings is 3. The standard InChI is InChI=1S/C24H23NO4S/c26-24(22-13-7-8-14-23(22)29-21-11-5-2-6-12-21)25(17-19-9-3-1-4-10-19)20-15-16-30(27,28)18-20/h1-14,20H,15-18H2/t20-/m0/s1. The molecule has 1 saturated heterocycles. The molecule has 0 bridgehead atoms. The van der Waals surface area contributed by atoms with Crippen molar-refractivity contribution in [2.45, 2.75) is 19.0 Å². The van der Waals surface area contributed by atoms with E-state index in [1.165, 1.54) is 0 Å². The lowest BCUT2D eigenvalue weighted by Gasteiger charge is -2.29. The summed E-state index contributed by atoms with van der Waals surface area (Å²) in [6.45, 7) is 0.347. The van der Waals surface area contributed by atoms with E-state index in [0.717, 1.165) is 5.56 Å². The average molecular weight is 422 g/mol. The summed E-state index contributed by atoms with van der Waals surface area (Å²) in [5, 5.41) is 0. The molecule has 3 aromatic carbocycles. The molecule has 1 heterocycles. The van der Waals surface area contributed by atoms with E-state index in [1.54, 1.807) is 23.1 Å². The Hall–Kier alpha value is -3.12. The highest BCUT2D eigenvalue weighted by atomic mass is 32.2. The molecule has 0 aromatic heterocycles. The van der Waals surface area contributed by atoms with Gasteiger partial charge in [-0.3, -0.25) is 4.79 Å². The lowest BCUT2D eigenvalue weighted by Crippen LogP contribution is -2.40. The highest BCUT2D eigenvalue weighted by Gasteiger charge is 2.35. The first-order valence-electron chi connectivity index (χ1n) is 9.89. The molecule has 0 N–H and O–H groups in total. The van der Waals surface area contributed by atoms with E-state index in [2.05, 4.69) is 0 Å². The van der Waals surface area contributed by atoms with Crippen molar-refractivity contribution in [2.24, 2.45) is 0 Å². The van der Waals surface area contributed by atoms with E-state index in [4.69, 9.17) is 4.74 Å². The van der Waals surface area contributed by atoms with Gasteiger partial charge in [0.15, 0.2) is 9.84 Å². The molecule has 3 aromatic rings. The maximum absolute atomic E-state index is 13.6. The number of sulfone groups is 1. The predicted octanol–water partition coefficient (Wildman–Crippen LogP) is 4.31. The van der Waals surface area contributed by atoms with E-state index < -0.39 is 9.84 Å².